The van der Waals surface area contributed by atoms with Gasteiger partial charge in [0.1, 0.15) is 0 Å². The number of halogens is 4. The molecule has 4 atom stereocenters. The lowest BCUT2D eigenvalue weighted by Crippen LogP contribution is -2.15. The van der Waals surface area contributed by atoms with Crippen molar-refractivity contribution in [2.75, 3.05) is 0 Å². The van der Waals surface area contributed by atoms with Crippen LogP contribution in [0.4, 0.5) is 0 Å². The van der Waals surface area contributed by atoms with Crippen molar-refractivity contribution in [2.24, 2.45) is 35.2 Å². The van der Waals surface area contributed by atoms with E-state index >= 15 is 0 Å². The molecule has 17 nitrogen and oxygen atoms in total. The topological polar surface area (TPSA) is 186 Å². The number of benzene rings is 4. The monoisotopic (exact) mass is 1510 g/mol. The van der Waals surface area contributed by atoms with E-state index in [-0.39, 0.29) is 42.3 Å². The molecule has 8 aromatic heterocycles. The Labute approximate surface area is 578 Å². The molecule has 0 radical (unpaired) electrons. The number of nitrogens with zero attached hydrogens (tertiary/aromatic N) is 12. The minimum absolute atomic E-state index is 0. The highest BCUT2D eigenvalue weighted by Gasteiger charge is 2.15. The van der Waals surface area contributed by atoms with Crippen molar-refractivity contribution >= 4 is 63.7 Å². The Kier molecular flexibility index (Phi) is 27.4. The van der Waals surface area contributed by atoms with Gasteiger partial charge >= 0.3 is 0 Å². The zero-order valence-corrected chi connectivity index (χ0v) is 60.2. The summed E-state index contributed by atoms with van der Waals surface area (Å²) in [6.45, 7) is 16.0. The Balaban J connectivity index is 0.000000188. The maximum Gasteiger partial charge on any atom is 0.250 e. The van der Waals surface area contributed by atoms with Crippen molar-refractivity contribution < 1.29 is 5.11 Å². The molecular formula is C72H81Br4N13O4. The average Bonchev–Trinajstić information content (AvgIpc) is 1.82. The highest BCUT2D eigenvalue weighted by Crippen LogP contribution is 2.29. The Morgan fingerprint density at radius 3 is 1.12 bits per heavy atom. The van der Waals surface area contributed by atoms with E-state index in [0.717, 1.165) is 80.2 Å². The first kappa shape index (κ1) is 73.7. The number of hydrogen-bond acceptors (Lipinski definition) is 9. The Hall–Kier alpha value is -8.34. The maximum absolute atomic E-state index is 11.8. The number of H-pyrrole nitrogens is 1. The summed E-state index contributed by atoms with van der Waals surface area (Å²) in [6, 6.07) is 37.9. The van der Waals surface area contributed by atoms with Gasteiger partial charge in [-0.1, -0.05) is 132 Å². The number of aromatic nitrogens is 13. The number of nitrogens with one attached hydrogen (secondary N) is 1. The average molecular weight is 1510 g/mol. The summed E-state index contributed by atoms with van der Waals surface area (Å²) >= 11 is 13.6. The highest BCUT2D eigenvalue weighted by atomic mass is 79.9. The normalized spacial score (nSPS) is 11.8. The van der Waals surface area contributed by atoms with Gasteiger partial charge in [0.05, 0.1) is 49.2 Å². The first-order valence-electron chi connectivity index (χ1n) is 29.5. The van der Waals surface area contributed by atoms with Crippen LogP contribution in [0.25, 0.3) is 44.5 Å². The summed E-state index contributed by atoms with van der Waals surface area (Å²) in [5.41, 5.74) is 17.1. The molecule has 0 aliphatic heterocycles. The van der Waals surface area contributed by atoms with Gasteiger partial charge in [0.2, 0.25) is 0 Å². The Bertz CT molecular complexity index is 4420. The third-order valence-electron chi connectivity index (χ3n) is 15.0. The summed E-state index contributed by atoms with van der Waals surface area (Å²) in [5.74, 6) is 0. The molecule has 4 unspecified atom stereocenters. The molecular weight excluding hydrogens is 1430 g/mol. The summed E-state index contributed by atoms with van der Waals surface area (Å²) in [4.78, 5) is 35.2. The number of hydrogen-bond donors (Lipinski definition) is 2. The van der Waals surface area contributed by atoms with Crippen molar-refractivity contribution in [3.05, 3.63) is 285 Å². The molecule has 0 amide bonds. The number of aliphatic hydroxyl groups is 1. The van der Waals surface area contributed by atoms with Crippen LogP contribution in [-0.4, -0.2) is 68.1 Å². The largest absolute Gasteiger partial charge is 0.389 e. The zero-order valence-electron chi connectivity index (χ0n) is 53.8. The fraction of sp³-hybridized carbons (Fsp3) is 0.250. The third kappa shape index (κ3) is 21.1. The van der Waals surface area contributed by atoms with Crippen LogP contribution in [0, 0.1) is 27.7 Å². The molecule has 2 N–H and O–H groups in total. The number of aliphatic hydroxyl groups excluding tert-OH is 1. The lowest BCUT2D eigenvalue weighted by molar-refractivity contribution is 0.199. The first-order valence-corrected chi connectivity index (χ1v) is 32.8. The lowest BCUT2D eigenvalue weighted by atomic mass is 10.0. The third-order valence-corrected chi connectivity index (χ3v) is 17.1. The molecule has 486 valence electrons. The van der Waals surface area contributed by atoms with Crippen LogP contribution in [0.1, 0.15) is 103 Å². The Morgan fingerprint density at radius 2 is 0.785 bits per heavy atom. The van der Waals surface area contributed by atoms with Crippen LogP contribution in [0.2, 0.25) is 0 Å². The quantitative estimate of drug-likeness (QED) is 0.126. The van der Waals surface area contributed by atoms with Crippen LogP contribution in [0.3, 0.4) is 0 Å². The van der Waals surface area contributed by atoms with Crippen LogP contribution in [0.5, 0.6) is 0 Å². The van der Waals surface area contributed by atoms with Gasteiger partial charge in [0.15, 0.2) is 0 Å². The fourth-order valence-corrected chi connectivity index (χ4v) is 10.5. The Morgan fingerprint density at radius 1 is 0.419 bits per heavy atom. The molecule has 12 rings (SSSR count). The van der Waals surface area contributed by atoms with Crippen molar-refractivity contribution in [3.8, 4) is 44.5 Å². The molecule has 0 bridgehead atoms. The van der Waals surface area contributed by atoms with E-state index in [1.54, 1.807) is 75.5 Å². The number of aromatic amines is 1. The number of aryl methyl sites for hydroxylation is 9. The van der Waals surface area contributed by atoms with E-state index in [9.17, 15) is 14.4 Å². The zero-order chi connectivity index (χ0) is 66.9. The van der Waals surface area contributed by atoms with E-state index in [4.69, 9.17) is 5.11 Å². The van der Waals surface area contributed by atoms with Gasteiger partial charge in [-0.2, -0.15) is 25.5 Å². The SMILES string of the molecule is C.CC(Br)c1ccc(Br)cc1.CC(O)c1ccc(Br)cc1.Cc1cc(=O)n(C)cc1-c1cn[nH]c1.Cc1cc(=O)n(C)cc1-c1cnn(C(C)c2ccc(-c3cnn(C)c3)cc2)c1.Cc1cc(=O)n(C)cc1-c1cnn(C(C)c2ccc(Br)cc2)c1.Cc1cnn(C)c1. The van der Waals surface area contributed by atoms with E-state index < -0.39 is 0 Å². The van der Waals surface area contributed by atoms with Crippen molar-refractivity contribution in [1.82, 2.24) is 63.0 Å². The second kappa shape index (κ2) is 34.5. The summed E-state index contributed by atoms with van der Waals surface area (Å²) < 4.78 is 15.5. The van der Waals surface area contributed by atoms with Crippen molar-refractivity contribution in [3.63, 3.8) is 0 Å². The van der Waals surface area contributed by atoms with Gasteiger partial charge in [-0.25, -0.2) is 0 Å². The summed E-state index contributed by atoms with van der Waals surface area (Å²) in [5, 5.41) is 33.0. The molecule has 0 saturated heterocycles. The van der Waals surface area contributed by atoms with Crippen molar-refractivity contribution in [2.45, 2.75) is 85.8 Å². The van der Waals surface area contributed by atoms with Crippen LogP contribution < -0.4 is 16.7 Å². The smallest absolute Gasteiger partial charge is 0.250 e. The second-order valence-electron chi connectivity index (χ2n) is 22.4. The van der Waals surface area contributed by atoms with Crippen LogP contribution >= 0.6 is 63.7 Å². The van der Waals surface area contributed by atoms with Gasteiger partial charge in [0.25, 0.3) is 16.7 Å². The van der Waals surface area contributed by atoms with Gasteiger partial charge in [0, 0.05) is 160 Å². The molecule has 0 fully saturated rings. The van der Waals surface area contributed by atoms with Gasteiger partial charge < -0.3 is 18.8 Å². The van der Waals surface area contributed by atoms with Gasteiger partial charge in [-0.3, -0.25) is 38.2 Å². The standard InChI is InChI=1S/C22H23N5O.C18H18BrN3O.C10H11N3O.C8H8Br2.C8H9BrO.C5H8N2.CH4/c1-15-9-22(28)25(3)14-21(15)20-11-24-27(13-20)16(2)17-5-7-18(8-6-17)19-10-23-26(4)12-19;1-12-8-18(23)21(3)11-17(12)15-9-20-22(10-15)13(2)14-4-6-16(19)7-5-14;1-7-3-10(14)13(2)6-9(7)8-4-11-12-5-8;1-6(9)7-2-4-8(10)5-3-7;1-6(10)7-2-4-8(9)5-3-7;1-5-3-6-7(2)4-5;/h5-14,16H,1-4H3;4-11,13H,1-3H3;3-6H,1-2H3,(H,11,12);2-6H,1H3;2-6,10H,1H3;3-4H,1-2H3;1H4. The predicted molar refractivity (Wildman–Crippen MR) is 391 cm³/mol. The molecule has 0 spiro atoms. The first-order chi connectivity index (χ1) is 43.7. The molecule has 8 heterocycles. The molecule has 0 saturated carbocycles. The maximum atomic E-state index is 11.8. The summed E-state index contributed by atoms with van der Waals surface area (Å²) in [6.07, 6.45) is 24.2. The fourth-order valence-electron chi connectivity index (χ4n) is 9.44. The minimum atomic E-state index is -0.368. The second-order valence-corrected chi connectivity index (χ2v) is 26.5. The van der Waals surface area contributed by atoms with E-state index in [1.165, 1.54) is 22.3 Å². The molecule has 0 aliphatic carbocycles. The molecule has 21 heteroatoms. The highest BCUT2D eigenvalue weighted by molar-refractivity contribution is 9.11. The number of rotatable bonds is 10. The van der Waals surface area contributed by atoms with E-state index in [0.29, 0.717) is 4.83 Å². The van der Waals surface area contributed by atoms with Gasteiger partial charge in [-0.15, -0.1) is 0 Å². The molecule has 4 aromatic carbocycles. The number of pyridine rings is 3. The van der Waals surface area contributed by atoms with Gasteiger partial charge in [-0.05, 0) is 142 Å². The minimum Gasteiger partial charge on any atom is -0.389 e. The summed E-state index contributed by atoms with van der Waals surface area (Å²) in [7, 11) is 9.10. The number of alkyl halides is 1. The van der Waals surface area contributed by atoms with E-state index in [1.807, 2.05) is 174 Å². The predicted octanol–water partition coefficient (Wildman–Crippen LogP) is 16.4. The lowest BCUT2D eigenvalue weighted by Gasteiger charge is -2.13. The van der Waals surface area contributed by atoms with Crippen LogP contribution in [0.15, 0.2) is 224 Å². The molecule has 12 aromatic rings. The van der Waals surface area contributed by atoms with Crippen LogP contribution in [-0.2, 0) is 35.2 Å². The van der Waals surface area contributed by atoms with E-state index in [2.05, 4.69) is 164 Å². The molecule has 0 aliphatic rings. The molecule has 93 heavy (non-hydrogen) atoms. The van der Waals surface area contributed by atoms with Crippen molar-refractivity contribution in [1.29, 1.82) is 0 Å².